The van der Waals surface area contributed by atoms with Gasteiger partial charge in [0.1, 0.15) is 5.82 Å². The lowest BCUT2D eigenvalue weighted by Crippen LogP contribution is -2.24. The molecule has 0 amide bonds. The number of anilines is 1. The van der Waals surface area contributed by atoms with Gasteiger partial charge in [-0.2, -0.15) is 0 Å². The molecule has 0 aromatic carbocycles. The van der Waals surface area contributed by atoms with E-state index in [1.54, 1.807) is 12.1 Å². The first-order valence-corrected chi connectivity index (χ1v) is 5.56. The van der Waals surface area contributed by atoms with E-state index in [2.05, 4.69) is 9.88 Å². The normalized spacial score (nSPS) is 10.6. The van der Waals surface area contributed by atoms with E-state index in [1.807, 2.05) is 26.0 Å². The number of hydrogen-bond donors (Lipinski definition) is 1. The van der Waals surface area contributed by atoms with Crippen molar-refractivity contribution < 1.29 is 9.90 Å². The zero-order valence-electron chi connectivity index (χ0n) is 10.6. The number of aromatic nitrogens is 1. The molecule has 1 aromatic rings. The van der Waals surface area contributed by atoms with E-state index in [9.17, 15) is 4.79 Å². The molecule has 5 nitrogen and oxygen atoms in total. The van der Waals surface area contributed by atoms with Crippen LogP contribution < -0.4 is 4.90 Å². The molecule has 0 spiro atoms. The summed E-state index contributed by atoms with van der Waals surface area (Å²) in [7, 11) is 6.04. The van der Waals surface area contributed by atoms with Gasteiger partial charge in [-0.05, 0) is 39.2 Å². The smallest absolute Gasteiger partial charge is 0.337 e. The molecular weight excluding hydrogens is 218 g/mol. The second-order valence-corrected chi connectivity index (χ2v) is 4.29. The number of carbonyl (C=O) groups is 1. The van der Waals surface area contributed by atoms with Gasteiger partial charge in [0.05, 0.1) is 5.56 Å². The molecule has 0 unspecified atom stereocenters. The minimum absolute atomic E-state index is 0.218. The van der Waals surface area contributed by atoms with Crippen LogP contribution in [0.2, 0.25) is 0 Å². The van der Waals surface area contributed by atoms with E-state index in [-0.39, 0.29) is 5.56 Å². The molecule has 0 aliphatic carbocycles. The fourth-order valence-corrected chi connectivity index (χ4v) is 1.48. The lowest BCUT2D eigenvalue weighted by atomic mass is 10.3. The van der Waals surface area contributed by atoms with Crippen molar-refractivity contribution in [1.82, 2.24) is 9.88 Å². The summed E-state index contributed by atoms with van der Waals surface area (Å²) in [5, 5.41) is 8.76. The molecule has 5 heteroatoms. The Balaban J connectivity index is 2.51. The second kappa shape index (κ2) is 6.20. The second-order valence-electron chi connectivity index (χ2n) is 4.29. The standard InChI is InChI=1S/C12H19N3O2/c1-14(2)7-4-8-15(3)11-6-5-10(9-13-11)12(16)17/h5-6,9H,4,7-8H2,1-3H3,(H,16,17). The van der Waals surface area contributed by atoms with Crippen LogP contribution in [-0.2, 0) is 0 Å². The highest BCUT2D eigenvalue weighted by Gasteiger charge is 2.05. The fourth-order valence-electron chi connectivity index (χ4n) is 1.48. The lowest BCUT2D eigenvalue weighted by molar-refractivity contribution is 0.0696. The number of carboxylic acids is 1. The summed E-state index contributed by atoms with van der Waals surface area (Å²) in [5.41, 5.74) is 0.218. The van der Waals surface area contributed by atoms with Crippen LogP contribution in [0.1, 0.15) is 16.8 Å². The molecule has 0 saturated heterocycles. The van der Waals surface area contributed by atoms with Crippen molar-refractivity contribution in [2.45, 2.75) is 6.42 Å². The Morgan fingerprint density at radius 1 is 1.29 bits per heavy atom. The van der Waals surface area contributed by atoms with Crippen LogP contribution in [0.3, 0.4) is 0 Å². The zero-order chi connectivity index (χ0) is 12.8. The van der Waals surface area contributed by atoms with Crippen LogP contribution in [0.15, 0.2) is 18.3 Å². The minimum atomic E-state index is -0.945. The Labute approximate surface area is 102 Å². The van der Waals surface area contributed by atoms with Crippen LogP contribution in [0.5, 0.6) is 0 Å². The Morgan fingerprint density at radius 3 is 2.47 bits per heavy atom. The molecule has 0 aliphatic heterocycles. The van der Waals surface area contributed by atoms with Gasteiger partial charge in [-0.25, -0.2) is 9.78 Å². The topological polar surface area (TPSA) is 56.7 Å². The predicted molar refractivity (Wildman–Crippen MR) is 67.6 cm³/mol. The Morgan fingerprint density at radius 2 is 2.00 bits per heavy atom. The van der Waals surface area contributed by atoms with Crippen molar-refractivity contribution >= 4 is 11.8 Å². The number of rotatable bonds is 6. The average Bonchev–Trinajstić information content (AvgIpc) is 2.28. The Kier molecular flexibility index (Phi) is 4.90. The third-order valence-electron chi connectivity index (χ3n) is 2.48. The summed E-state index contributed by atoms with van der Waals surface area (Å²) < 4.78 is 0. The molecule has 1 N–H and O–H groups in total. The molecule has 0 radical (unpaired) electrons. The van der Waals surface area contributed by atoms with Gasteiger partial charge in [0, 0.05) is 19.8 Å². The van der Waals surface area contributed by atoms with Crippen LogP contribution in [0, 0.1) is 0 Å². The third-order valence-corrected chi connectivity index (χ3v) is 2.48. The molecule has 1 heterocycles. The van der Waals surface area contributed by atoms with Crippen molar-refractivity contribution in [3.8, 4) is 0 Å². The third kappa shape index (κ3) is 4.40. The van der Waals surface area contributed by atoms with E-state index < -0.39 is 5.97 Å². The monoisotopic (exact) mass is 237 g/mol. The maximum Gasteiger partial charge on any atom is 0.337 e. The van der Waals surface area contributed by atoms with Gasteiger partial charge in [0.2, 0.25) is 0 Å². The van der Waals surface area contributed by atoms with Gasteiger partial charge >= 0.3 is 5.97 Å². The van der Waals surface area contributed by atoms with Gasteiger partial charge < -0.3 is 14.9 Å². The largest absolute Gasteiger partial charge is 0.478 e. The van der Waals surface area contributed by atoms with Gasteiger partial charge in [0.25, 0.3) is 0 Å². The summed E-state index contributed by atoms with van der Waals surface area (Å²) in [6.45, 7) is 1.93. The summed E-state index contributed by atoms with van der Waals surface area (Å²) in [4.78, 5) is 19.0. The average molecular weight is 237 g/mol. The zero-order valence-corrected chi connectivity index (χ0v) is 10.6. The summed E-state index contributed by atoms with van der Waals surface area (Å²) in [6, 6.07) is 3.31. The lowest BCUT2D eigenvalue weighted by Gasteiger charge is -2.19. The van der Waals surface area contributed by atoms with E-state index in [1.165, 1.54) is 6.20 Å². The maximum atomic E-state index is 10.7. The van der Waals surface area contributed by atoms with Crippen molar-refractivity contribution in [2.24, 2.45) is 0 Å². The van der Waals surface area contributed by atoms with Crippen molar-refractivity contribution in [3.05, 3.63) is 23.9 Å². The molecule has 0 saturated carbocycles. The fraction of sp³-hybridized carbons (Fsp3) is 0.500. The molecular formula is C12H19N3O2. The number of aromatic carboxylic acids is 1. The first kappa shape index (κ1) is 13.4. The summed E-state index contributed by atoms with van der Waals surface area (Å²) in [6.07, 6.45) is 2.44. The SMILES string of the molecule is CN(C)CCCN(C)c1ccc(C(=O)O)cn1. The highest BCUT2D eigenvalue weighted by molar-refractivity contribution is 5.87. The maximum absolute atomic E-state index is 10.7. The quantitative estimate of drug-likeness (QED) is 0.804. The first-order chi connectivity index (χ1) is 8.00. The predicted octanol–water partition coefficient (Wildman–Crippen LogP) is 1.17. The van der Waals surface area contributed by atoms with Gasteiger partial charge in [-0.3, -0.25) is 0 Å². The Bertz CT molecular complexity index is 363. The number of carboxylic acid groups (broad SMARTS) is 1. The van der Waals surface area contributed by atoms with Gasteiger partial charge in [-0.1, -0.05) is 0 Å². The van der Waals surface area contributed by atoms with Crippen LogP contribution in [0.4, 0.5) is 5.82 Å². The highest BCUT2D eigenvalue weighted by atomic mass is 16.4. The number of pyridine rings is 1. The Hall–Kier alpha value is -1.62. The van der Waals surface area contributed by atoms with Crippen LogP contribution in [-0.4, -0.2) is 55.2 Å². The van der Waals surface area contributed by atoms with Crippen molar-refractivity contribution in [3.63, 3.8) is 0 Å². The molecule has 1 rings (SSSR count). The highest BCUT2D eigenvalue weighted by Crippen LogP contribution is 2.09. The van der Waals surface area contributed by atoms with E-state index >= 15 is 0 Å². The minimum Gasteiger partial charge on any atom is -0.478 e. The molecule has 17 heavy (non-hydrogen) atoms. The first-order valence-electron chi connectivity index (χ1n) is 5.56. The molecule has 0 atom stereocenters. The van der Waals surface area contributed by atoms with Gasteiger partial charge in [-0.15, -0.1) is 0 Å². The van der Waals surface area contributed by atoms with Crippen molar-refractivity contribution in [2.75, 3.05) is 39.1 Å². The number of nitrogens with zero attached hydrogens (tertiary/aromatic N) is 3. The summed E-state index contributed by atoms with van der Waals surface area (Å²) in [5.74, 6) is -0.145. The van der Waals surface area contributed by atoms with Crippen molar-refractivity contribution in [1.29, 1.82) is 0 Å². The molecule has 1 aromatic heterocycles. The molecule has 0 bridgehead atoms. The molecule has 0 aliphatic rings. The van der Waals surface area contributed by atoms with E-state index in [4.69, 9.17) is 5.11 Å². The van der Waals surface area contributed by atoms with Gasteiger partial charge in [0.15, 0.2) is 0 Å². The molecule has 0 fully saturated rings. The van der Waals surface area contributed by atoms with E-state index in [0.29, 0.717) is 0 Å². The van der Waals surface area contributed by atoms with E-state index in [0.717, 1.165) is 25.3 Å². The van der Waals surface area contributed by atoms with Crippen LogP contribution in [0.25, 0.3) is 0 Å². The number of hydrogen-bond acceptors (Lipinski definition) is 4. The summed E-state index contributed by atoms with van der Waals surface area (Å²) >= 11 is 0. The van der Waals surface area contributed by atoms with Crippen LogP contribution >= 0.6 is 0 Å². The molecule has 94 valence electrons.